The predicted molar refractivity (Wildman–Crippen MR) is 69.6 cm³/mol. The molecule has 2 N–H and O–H groups in total. The highest BCUT2D eigenvalue weighted by molar-refractivity contribution is 6.00. The summed E-state index contributed by atoms with van der Waals surface area (Å²) in [6.45, 7) is 2.13. The van der Waals surface area contributed by atoms with E-state index >= 15 is 0 Å². The third kappa shape index (κ3) is 2.52. The van der Waals surface area contributed by atoms with Crippen molar-refractivity contribution in [3.8, 4) is 0 Å². The molecule has 0 heterocycles. The Labute approximate surface area is 101 Å². The standard InChI is InChI=1S/C14H15N3/c1-14(8-6-12(17-16)7-9-14)10-11-4-2-3-5-13(11)15/h2-9H,10,15H2,1H3. The van der Waals surface area contributed by atoms with Crippen LogP contribution in [0.15, 0.2) is 48.6 Å². The molecule has 0 saturated carbocycles. The van der Waals surface area contributed by atoms with Gasteiger partial charge in [0, 0.05) is 23.3 Å². The van der Waals surface area contributed by atoms with E-state index in [9.17, 15) is 0 Å². The molecule has 1 aliphatic rings. The van der Waals surface area contributed by atoms with Crippen molar-refractivity contribution in [3.63, 3.8) is 0 Å². The first kappa shape index (κ1) is 11.4. The first-order valence-electron chi connectivity index (χ1n) is 5.57. The van der Waals surface area contributed by atoms with E-state index in [0.29, 0.717) is 5.71 Å². The van der Waals surface area contributed by atoms with Gasteiger partial charge in [0.2, 0.25) is 0 Å². The lowest BCUT2D eigenvalue weighted by atomic mass is 9.80. The van der Waals surface area contributed by atoms with Crippen LogP contribution in [0.1, 0.15) is 12.5 Å². The molecule has 0 saturated heterocycles. The van der Waals surface area contributed by atoms with Crippen LogP contribution in [0.2, 0.25) is 0 Å². The molecular weight excluding hydrogens is 210 g/mol. The molecule has 1 aliphatic carbocycles. The highest BCUT2D eigenvalue weighted by atomic mass is 14.8. The van der Waals surface area contributed by atoms with E-state index in [-0.39, 0.29) is 5.41 Å². The zero-order valence-electron chi connectivity index (χ0n) is 9.80. The number of benzene rings is 1. The summed E-state index contributed by atoms with van der Waals surface area (Å²) in [7, 11) is 0. The number of anilines is 1. The summed E-state index contributed by atoms with van der Waals surface area (Å²) in [6.07, 6.45) is 8.55. The summed E-state index contributed by atoms with van der Waals surface area (Å²) in [5.74, 6) is 0. The number of hydrogen-bond acceptors (Lipinski definition) is 1. The lowest BCUT2D eigenvalue weighted by molar-refractivity contribution is -0.00179. The summed E-state index contributed by atoms with van der Waals surface area (Å²) >= 11 is 0. The average molecular weight is 225 g/mol. The number of nitrogens with zero attached hydrogens (tertiary/aromatic N) is 2. The summed E-state index contributed by atoms with van der Waals surface area (Å²) in [5, 5.41) is 0. The van der Waals surface area contributed by atoms with Crippen molar-refractivity contribution in [2.75, 3.05) is 5.73 Å². The van der Waals surface area contributed by atoms with Crippen molar-refractivity contribution in [1.82, 2.24) is 0 Å². The van der Waals surface area contributed by atoms with Crippen LogP contribution in [0, 0.1) is 5.41 Å². The van der Waals surface area contributed by atoms with Crippen LogP contribution in [-0.2, 0) is 6.42 Å². The van der Waals surface area contributed by atoms with Crippen LogP contribution >= 0.6 is 0 Å². The Morgan fingerprint density at radius 1 is 1.24 bits per heavy atom. The van der Waals surface area contributed by atoms with Gasteiger partial charge in [-0.2, -0.15) is 4.79 Å². The number of nitrogen functional groups attached to an aromatic ring is 1. The fourth-order valence-corrected chi connectivity index (χ4v) is 1.95. The first-order valence-corrected chi connectivity index (χ1v) is 5.57. The minimum Gasteiger partial charge on any atom is -0.399 e. The van der Waals surface area contributed by atoms with E-state index in [0.717, 1.165) is 17.7 Å². The van der Waals surface area contributed by atoms with Gasteiger partial charge in [-0.1, -0.05) is 37.3 Å². The van der Waals surface area contributed by atoms with Crippen LogP contribution in [0.4, 0.5) is 5.69 Å². The Bertz CT molecular complexity index is 518. The fourth-order valence-electron chi connectivity index (χ4n) is 1.95. The lowest BCUT2D eigenvalue weighted by Gasteiger charge is -2.24. The summed E-state index contributed by atoms with van der Waals surface area (Å²) in [4.78, 5) is 3.16. The zero-order valence-corrected chi connectivity index (χ0v) is 9.80. The molecule has 0 aliphatic heterocycles. The van der Waals surface area contributed by atoms with Gasteiger partial charge < -0.3 is 11.3 Å². The second-order valence-electron chi connectivity index (χ2n) is 4.57. The second kappa shape index (κ2) is 4.40. The van der Waals surface area contributed by atoms with Gasteiger partial charge in [0.05, 0.1) is 0 Å². The molecule has 0 aromatic heterocycles. The van der Waals surface area contributed by atoms with Crippen molar-refractivity contribution < 1.29 is 4.79 Å². The summed E-state index contributed by atoms with van der Waals surface area (Å²) in [5.41, 5.74) is 17.0. The Hall–Kier alpha value is -2.12. The van der Waals surface area contributed by atoms with Crippen LogP contribution < -0.4 is 5.73 Å². The first-order chi connectivity index (χ1) is 8.13. The Balaban J connectivity index is 2.23. The number of allylic oxidation sites excluding steroid dienone is 4. The normalized spacial score (nSPS) is 22.5. The van der Waals surface area contributed by atoms with Gasteiger partial charge in [0.25, 0.3) is 0 Å². The molecule has 1 aromatic rings. The lowest BCUT2D eigenvalue weighted by Crippen LogP contribution is -2.18. The maximum atomic E-state index is 8.66. The molecule has 3 heteroatoms. The molecular formula is C14H15N3. The molecule has 2 rings (SSSR count). The molecule has 0 bridgehead atoms. The minimum atomic E-state index is -0.0797. The predicted octanol–water partition coefficient (Wildman–Crippen LogP) is 2.61. The number of para-hydroxylation sites is 1. The maximum absolute atomic E-state index is 8.66. The van der Waals surface area contributed by atoms with Gasteiger partial charge in [-0.15, -0.1) is 0 Å². The highest BCUT2D eigenvalue weighted by Gasteiger charge is 2.23. The molecule has 17 heavy (non-hydrogen) atoms. The fraction of sp³-hybridized carbons (Fsp3) is 0.214. The van der Waals surface area contributed by atoms with Gasteiger partial charge >= 0.3 is 5.71 Å². The summed E-state index contributed by atoms with van der Waals surface area (Å²) in [6, 6.07) is 7.88. The summed E-state index contributed by atoms with van der Waals surface area (Å²) < 4.78 is 0. The monoisotopic (exact) mass is 225 g/mol. The largest absolute Gasteiger partial charge is 0.399 e. The molecule has 0 radical (unpaired) electrons. The third-order valence-electron chi connectivity index (χ3n) is 3.01. The molecule has 86 valence electrons. The topological polar surface area (TPSA) is 62.4 Å². The third-order valence-corrected chi connectivity index (χ3v) is 3.01. The van der Waals surface area contributed by atoms with E-state index in [1.54, 1.807) is 0 Å². The van der Waals surface area contributed by atoms with Crippen LogP contribution in [-0.4, -0.2) is 10.5 Å². The van der Waals surface area contributed by atoms with E-state index in [1.807, 2.05) is 48.6 Å². The molecule has 0 atom stereocenters. The Morgan fingerprint density at radius 3 is 2.47 bits per heavy atom. The molecule has 0 amide bonds. The second-order valence-corrected chi connectivity index (χ2v) is 4.57. The van der Waals surface area contributed by atoms with E-state index < -0.39 is 0 Å². The molecule has 0 unspecified atom stereocenters. The SMILES string of the molecule is CC1(Cc2ccccc2N)C=CC(=[N+]=[N-])C=C1. The van der Waals surface area contributed by atoms with E-state index in [1.165, 1.54) is 0 Å². The number of nitrogens with two attached hydrogens (primary N) is 1. The number of hydrogen-bond donors (Lipinski definition) is 1. The average Bonchev–Trinajstić information content (AvgIpc) is 2.33. The van der Waals surface area contributed by atoms with Gasteiger partial charge in [-0.05, 0) is 18.1 Å². The van der Waals surface area contributed by atoms with Crippen molar-refractivity contribution in [3.05, 3.63) is 59.7 Å². The maximum Gasteiger partial charge on any atom is 0.314 e. The van der Waals surface area contributed by atoms with Gasteiger partial charge in [0.1, 0.15) is 0 Å². The van der Waals surface area contributed by atoms with Gasteiger partial charge in [0.15, 0.2) is 0 Å². The van der Waals surface area contributed by atoms with Crippen molar-refractivity contribution >= 4 is 11.4 Å². The van der Waals surface area contributed by atoms with Crippen molar-refractivity contribution in [2.24, 2.45) is 5.41 Å². The van der Waals surface area contributed by atoms with Crippen LogP contribution in [0.5, 0.6) is 0 Å². The van der Waals surface area contributed by atoms with Crippen molar-refractivity contribution in [2.45, 2.75) is 13.3 Å². The van der Waals surface area contributed by atoms with Gasteiger partial charge in [-0.3, -0.25) is 0 Å². The smallest absolute Gasteiger partial charge is 0.314 e. The Kier molecular flexibility index (Phi) is 2.94. The minimum absolute atomic E-state index is 0.0797. The highest BCUT2D eigenvalue weighted by Crippen LogP contribution is 2.30. The quantitative estimate of drug-likeness (QED) is 0.469. The zero-order chi connectivity index (χ0) is 12.3. The van der Waals surface area contributed by atoms with Crippen LogP contribution in [0.3, 0.4) is 0 Å². The Morgan fingerprint density at radius 2 is 1.88 bits per heavy atom. The van der Waals surface area contributed by atoms with E-state index in [2.05, 4.69) is 11.7 Å². The van der Waals surface area contributed by atoms with Crippen molar-refractivity contribution in [1.29, 1.82) is 0 Å². The molecule has 0 spiro atoms. The molecule has 3 nitrogen and oxygen atoms in total. The van der Waals surface area contributed by atoms with Gasteiger partial charge in [-0.25, -0.2) is 0 Å². The number of rotatable bonds is 2. The molecule has 0 fully saturated rings. The van der Waals surface area contributed by atoms with Crippen LogP contribution in [0.25, 0.3) is 5.53 Å². The van der Waals surface area contributed by atoms with E-state index in [4.69, 9.17) is 11.3 Å². The molecule has 1 aromatic carbocycles.